The van der Waals surface area contributed by atoms with Gasteiger partial charge in [-0.1, -0.05) is 29.8 Å². The molecule has 0 saturated heterocycles. The number of imide groups is 1. The van der Waals surface area contributed by atoms with Crippen LogP contribution < -0.4 is 4.90 Å². The SMILES string of the molecule is CC(C)=CC1=CC(=O)N(c2ccccc2)C1=O. The van der Waals surface area contributed by atoms with Crippen molar-refractivity contribution in [2.45, 2.75) is 13.8 Å². The lowest BCUT2D eigenvalue weighted by molar-refractivity contribution is -0.120. The lowest BCUT2D eigenvalue weighted by atomic mass is 10.2. The maximum absolute atomic E-state index is 12.0. The lowest BCUT2D eigenvalue weighted by Crippen LogP contribution is -2.30. The Morgan fingerprint density at radius 1 is 1.12 bits per heavy atom. The van der Waals surface area contributed by atoms with Crippen molar-refractivity contribution in [1.82, 2.24) is 0 Å². The fourth-order valence-corrected chi connectivity index (χ4v) is 1.72. The molecule has 17 heavy (non-hydrogen) atoms. The smallest absolute Gasteiger partial charge is 0.265 e. The topological polar surface area (TPSA) is 37.4 Å². The van der Waals surface area contributed by atoms with Crippen LogP contribution in [0.1, 0.15) is 13.8 Å². The maximum Gasteiger partial charge on any atom is 0.265 e. The quantitative estimate of drug-likeness (QED) is 0.728. The van der Waals surface area contributed by atoms with Crippen molar-refractivity contribution in [2.75, 3.05) is 4.90 Å². The van der Waals surface area contributed by atoms with E-state index in [0.717, 1.165) is 5.57 Å². The molecule has 0 fully saturated rings. The van der Waals surface area contributed by atoms with Crippen LogP contribution in [0.2, 0.25) is 0 Å². The second kappa shape index (κ2) is 4.37. The van der Waals surface area contributed by atoms with Crippen LogP contribution in [0.4, 0.5) is 5.69 Å². The number of nitrogens with zero attached hydrogens (tertiary/aromatic N) is 1. The summed E-state index contributed by atoms with van der Waals surface area (Å²) in [6.45, 7) is 3.79. The van der Waals surface area contributed by atoms with Crippen LogP contribution in [0, 0.1) is 0 Å². The van der Waals surface area contributed by atoms with E-state index in [1.165, 1.54) is 11.0 Å². The number of allylic oxidation sites excluding steroid dienone is 1. The third-order valence-electron chi connectivity index (χ3n) is 2.41. The highest BCUT2D eigenvalue weighted by molar-refractivity contribution is 6.31. The molecular formula is C14H13NO2. The molecule has 0 aliphatic carbocycles. The van der Waals surface area contributed by atoms with Gasteiger partial charge in [-0.25, -0.2) is 4.90 Å². The molecule has 2 amide bonds. The van der Waals surface area contributed by atoms with E-state index >= 15 is 0 Å². The Kier molecular flexibility index (Phi) is 2.91. The summed E-state index contributed by atoms with van der Waals surface area (Å²) in [5.41, 5.74) is 2.04. The number of hydrogen-bond donors (Lipinski definition) is 0. The zero-order chi connectivity index (χ0) is 12.4. The van der Waals surface area contributed by atoms with E-state index in [1.54, 1.807) is 30.3 Å². The van der Waals surface area contributed by atoms with Crippen LogP contribution in [-0.4, -0.2) is 11.8 Å². The van der Waals surface area contributed by atoms with E-state index in [4.69, 9.17) is 0 Å². The van der Waals surface area contributed by atoms with Gasteiger partial charge in [0.15, 0.2) is 0 Å². The highest BCUT2D eigenvalue weighted by atomic mass is 16.2. The summed E-state index contributed by atoms with van der Waals surface area (Å²) in [6, 6.07) is 8.94. The van der Waals surface area contributed by atoms with Crippen LogP contribution in [0.5, 0.6) is 0 Å². The van der Waals surface area contributed by atoms with E-state index in [1.807, 2.05) is 19.9 Å². The molecule has 3 nitrogen and oxygen atoms in total. The summed E-state index contributed by atoms with van der Waals surface area (Å²) in [5, 5.41) is 0. The molecule has 86 valence electrons. The van der Waals surface area contributed by atoms with Gasteiger partial charge in [0, 0.05) is 11.6 Å². The maximum atomic E-state index is 12.0. The Labute approximate surface area is 100 Å². The number of rotatable bonds is 2. The minimum absolute atomic E-state index is 0.262. The summed E-state index contributed by atoms with van der Waals surface area (Å²) < 4.78 is 0. The molecular weight excluding hydrogens is 214 g/mol. The van der Waals surface area contributed by atoms with Gasteiger partial charge in [0.05, 0.1) is 5.69 Å². The zero-order valence-corrected chi connectivity index (χ0v) is 9.81. The van der Waals surface area contributed by atoms with Crippen molar-refractivity contribution in [2.24, 2.45) is 0 Å². The van der Waals surface area contributed by atoms with E-state index in [2.05, 4.69) is 0 Å². The van der Waals surface area contributed by atoms with Gasteiger partial charge >= 0.3 is 0 Å². The largest absolute Gasteiger partial charge is 0.269 e. The van der Waals surface area contributed by atoms with Crippen LogP contribution in [0.3, 0.4) is 0 Å². The molecule has 1 aliphatic heterocycles. The summed E-state index contributed by atoms with van der Waals surface area (Å²) in [6.07, 6.45) is 3.10. The van der Waals surface area contributed by atoms with Crippen LogP contribution >= 0.6 is 0 Å². The molecule has 1 aromatic rings. The van der Waals surface area contributed by atoms with Crippen molar-refractivity contribution >= 4 is 17.5 Å². The minimum atomic E-state index is -0.284. The Balaban J connectivity index is 2.34. The van der Waals surface area contributed by atoms with Crippen molar-refractivity contribution in [1.29, 1.82) is 0 Å². The molecule has 0 spiro atoms. The average molecular weight is 227 g/mol. The third kappa shape index (κ3) is 2.18. The lowest BCUT2D eigenvalue weighted by Gasteiger charge is -2.13. The first-order chi connectivity index (χ1) is 8.09. The number of anilines is 1. The van der Waals surface area contributed by atoms with Gasteiger partial charge in [0.25, 0.3) is 11.8 Å². The van der Waals surface area contributed by atoms with E-state index in [9.17, 15) is 9.59 Å². The molecule has 3 heteroatoms. The Bertz CT molecular complexity index is 522. The number of benzene rings is 1. The molecule has 0 atom stereocenters. The molecule has 2 rings (SSSR count). The van der Waals surface area contributed by atoms with Gasteiger partial charge in [0.2, 0.25) is 0 Å². The average Bonchev–Trinajstić information content (AvgIpc) is 2.54. The van der Waals surface area contributed by atoms with Crippen LogP contribution in [0.15, 0.2) is 53.6 Å². The molecule has 1 aliphatic rings. The van der Waals surface area contributed by atoms with Crippen molar-refractivity contribution in [3.05, 3.63) is 53.6 Å². The normalized spacial score (nSPS) is 14.9. The van der Waals surface area contributed by atoms with Crippen LogP contribution in [-0.2, 0) is 9.59 Å². The molecule has 0 unspecified atom stereocenters. The summed E-state index contributed by atoms with van der Waals surface area (Å²) in [7, 11) is 0. The predicted octanol–water partition coefficient (Wildman–Crippen LogP) is 2.45. The molecule has 1 heterocycles. The fourth-order valence-electron chi connectivity index (χ4n) is 1.72. The third-order valence-corrected chi connectivity index (χ3v) is 2.41. The van der Waals surface area contributed by atoms with E-state index < -0.39 is 0 Å². The minimum Gasteiger partial charge on any atom is -0.269 e. The Morgan fingerprint density at radius 2 is 1.76 bits per heavy atom. The van der Waals surface area contributed by atoms with E-state index in [0.29, 0.717) is 11.3 Å². The summed E-state index contributed by atoms with van der Waals surface area (Å²) in [5.74, 6) is -0.545. The van der Waals surface area contributed by atoms with Gasteiger partial charge in [-0.3, -0.25) is 9.59 Å². The molecule has 0 N–H and O–H groups in total. The number of hydrogen-bond acceptors (Lipinski definition) is 2. The van der Waals surface area contributed by atoms with Crippen LogP contribution in [0.25, 0.3) is 0 Å². The summed E-state index contributed by atoms with van der Waals surface area (Å²) in [4.78, 5) is 25.0. The number of carbonyl (C=O) groups is 2. The second-order valence-electron chi connectivity index (χ2n) is 4.14. The molecule has 0 saturated carbocycles. The number of carbonyl (C=O) groups excluding carboxylic acids is 2. The van der Waals surface area contributed by atoms with Crippen molar-refractivity contribution < 1.29 is 9.59 Å². The molecule has 0 radical (unpaired) electrons. The van der Waals surface area contributed by atoms with Gasteiger partial charge < -0.3 is 0 Å². The van der Waals surface area contributed by atoms with Gasteiger partial charge in [-0.05, 0) is 26.0 Å². The van der Waals surface area contributed by atoms with Gasteiger partial charge in [-0.15, -0.1) is 0 Å². The van der Waals surface area contributed by atoms with E-state index in [-0.39, 0.29) is 11.8 Å². The predicted molar refractivity (Wildman–Crippen MR) is 66.4 cm³/mol. The van der Waals surface area contributed by atoms with Crippen molar-refractivity contribution in [3.8, 4) is 0 Å². The Hall–Kier alpha value is -2.16. The Morgan fingerprint density at radius 3 is 2.35 bits per heavy atom. The van der Waals surface area contributed by atoms with Crippen molar-refractivity contribution in [3.63, 3.8) is 0 Å². The number of para-hydroxylation sites is 1. The fraction of sp³-hybridized carbons (Fsp3) is 0.143. The first-order valence-corrected chi connectivity index (χ1v) is 5.39. The highest BCUT2D eigenvalue weighted by Gasteiger charge is 2.30. The summed E-state index contributed by atoms with van der Waals surface area (Å²) >= 11 is 0. The number of amides is 2. The first kappa shape index (κ1) is 11.3. The molecule has 1 aromatic carbocycles. The van der Waals surface area contributed by atoms with Gasteiger partial charge in [0.1, 0.15) is 0 Å². The first-order valence-electron chi connectivity index (χ1n) is 5.39. The van der Waals surface area contributed by atoms with Gasteiger partial charge in [-0.2, -0.15) is 0 Å². The highest BCUT2D eigenvalue weighted by Crippen LogP contribution is 2.23. The monoisotopic (exact) mass is 227 g/mol. The zero-order valence-electron chi connectivity index (χ0n) is 9.81. The standard InChI is InChI=1S/C14H13NO2/c1-10(2)8-11-9-13(16)15(14(11)17)12-6-4-3-5-7-12/h3-9H,1-2H3. The second-order valence-corrected chi connectivity index (χ2v) is 4.14. The molecule has 0 aromatic heterocycles. The molecule has 0 bridgehead atoms.